The second-order valence-electron chi connectivity index (χ2n) is 5.12. The SMILES string of the molecule is Cc1nccc(CNC(=O)Nc2ccn(Cc3ccccn3)n2)n1. The lowest BCUT2D eigenvalue weighted by Gasteiger charge is -2.05. The van der Waals surface area contributed by atoms with E-state index in [0.29, 0.717) is 24.7 Å². The van der Waals surface area contributed by atoms with Crippen molar-refractivity contribution < 1.29 is 4.79 Å². The first-order chi connectivity index (χ1) is 11.7. The third-order valence-electron chi connectivity index (χ3n) is 3.20. The Morgan fingerprint density at radius 2 is 2.04 bits per heavy atom. The highest BCUT2D eigenvalue weighted by atomic mass is 16.2. The molecule has 0 saturated carbocycles. The molecule has 2 N–H and O–H groups in total. The number of hydrogen-bond acceptors (Lipinski definition) is 5. The van der Waals surface area contributed by atoms with Gasteiger partial charge >= 0.3 is 6.03 Å². The summed E-state index contributed by atoms with van der Waals surface area (Å²) >= 11 is 0. The molecule has 0 saturated heterocycles. The first-order valence-electron chi connectivity index (χ1n) is 7.46. The van der Waals surface area contributed by atoms with Gasteiger partial charge in [-0.2, -0.15) is 5.10 Å². The van der Waals surface area contributed by atoms with Crippen LogP contribution in [0.5, 0.6) is 0 Å². The summed E-state index contributed by atoms with van der Waals surface area (Å²) in [5.41, 5.74) is 1.65. The average molecular weight is 323 g/mol. The Hall–Kier alpha value is -3.29. The zero-order valence-corrected chi connectivity index (χ0v) is 13.2. The number of anilines is 1. The number of rotatable bonds is 5. The minimum Gasteiger partial charge on any atom is -0.332 e. The van der Waals surface area contributed by atoms with E-state index in [1.54, 1.807) is 42.3 Å². The third-order valence-corrected chi connectivity index (χ3v) is 3.20. The van der Waals surface area contributed by atoms with E-state index in [1.807, 2.05) is 18.2 Å². The molecule has 0 bridgehead atoms. The highest BCUT2D eigenvalue weighted by molar-refractivity contribution is 5.88. The van der Waals surface area contributed by atoms with Crippen LogP contribution in [0, 0.1) is 6.92 Å². The van der Waals surface area contributed by atoms with Crippen LogP contribution in [-0.4, -0.2) is 30.8 Å². The maximum absolute atomic E-state index is 11.9. The molecule has 0 aliphatic carbocycles. The number of carbonyl (C=O) groups excluding carboxylic acids is 1. The van der Waals surface area contributed by atoms with Gasteiger partial charge < -0.3 is 5.32 Å². The van der Waals surface area contributed by atoms with E-state index in [4.69, 9.17) is 0 Å². The molecule has 0 atom stereocenters. The number of aryl methyl sites for hydroxylation is 1. The maximum Gasteiger partial charge on any atom is 0.320 e. The van der Waals surface area contributed by atoms with Gasteiger partial charge in [0.15, 0.2) is 5.82 Å². The number of hydrogen-bond donors (Lipinski definition) is 2. The smallest absolute Gasteiger partial charge is 0.320 e. The van der Waals surface area contributed by atoms with Crippen LogP contribution in [0.3, 0.4) is 0 Å². The average Bonchev–Trinajstić information content (AvgIpc) is 3.01. The zero-order valence-electron chi connectivity index (χ0n) is 13.2. The Balaban J connectivity index is 1.51. The predicted molar refractivity (Wildman–Crippen MR) is 88.2 cm³/mol. The Labute approximate surface area is 139 Å². The molecule has 0 aromatic carbocycles. The number of urea groups is 1. The van der Waals surface area contributed by atoms with Gasteiger partial charge in [0.1, 0.15) is 5.82 Å². The van der Waals surface area contributed by atoms with Crippen molar-refractivity contribution in [2.24, 2.45) is 0 Å². The van der Waals surface area contributed by atoms with E-state index in [2.05, 4.69) is 30.7 Å². The van der Waals surface area contributed by atoms with Crippen molar-refractivity contribution in [2.45, 2.75) is 20.0 Å². The van der Waals surface area contributed by atoms with Gasteiger partial charge in [0.25, 0.3) is 0 Å². The zero-order chi connectivity index (χ0) is 16.8. The molecule has 24 heavy (non-hydrogen) atoms. The van der Waals surface area contributed by atoms with Crippen LogP contribution in [0.15, 0.2) is 48.9 Å². The Kier molecular flexibility index (Phi) is 4.76. The molecule has 3 heterocycles. The summed E-state index contributed by atoms with van der Waals surface area (Å²) in [7, 11) is 0. The van der Waals surface area contributed by atoms with Gasteiger partial charge in [0, 0.05) is 24.7 Å². The van der Waals surface area contributed by atoms with E-state index in [9.17, 15) is 4.79 Å². The van der Waals surface area contributed by atoms with Crippen LogP contribution >= 0.6 is 0 Å². The minimum atomic E-state index is -0.339. The molecule has 8 nitrogen and oxygen atoms in total. The fourth-order valence-corrected chi connectivity index (χ4v) is 2.11. The molecule has 0 radical (unpaired) electrons. The maximum atomic E-state index is 11.9. The van der Waals surface area contributed by atoms with Gasteiger partial charge in [-0.25, -0.2) is 14.8 Å². The fourth-order valence-electron chi connectivity index (χ4n) is 2.11. The van der Waals surface area contributed by atoms with Crippen LogP contribution in [0.2, 0.25) is 0 Å². The van der Waals surface area contributed by atoms with E-state index in [0.717, 1.165) is 11.4 Å². The molecule has 0 aliphatic rings. The summed E-state index contributed by atoms with van der Waals surface area (Å²) < 4.78 is 1.71. The summed E-state index contributed by atoms with van der Waals surface area (Å²) in [6.45, 7) is 2.67. The molecule has 122 valence electrons. The second-order valence-corrected chi connectivity index (χ2v) is 5.12. The monoisotopic (exact) mass is 323 g/mol. The lowest BCUT2D eigenvalue weighted by atomic mass is 10.3. The summed E-state index contributed by atoms with van der Waals surface area (Å²) in [5.74, 6) is 1.14. The Bertz CT molecular complexity index is 816. The molecule has 0 spiro atoms. The fraction of sp³-hybridized carbons (Fsp3) is 0.188. The normalized spacial score (nSPS) is 10.4. The van der Waals surface area contributed by atoms with Crippen LogP contribution in [0.25, 0.3) is 0 Å². The Morgan fingerprint density at radius 1 is 1.12 bits per heavy atom. The largest absolute Gasteiger partial charge is 0.332 e. The lowest BCUT2D eigenvalue weighted by molar-refractivity contribution is 0.251. The van der Waals surface area contributed by atoms with Crippen LogP contribution in [0.4, 0.5) is 10.6 Å². The summed E-state index contributed by atoms with van der Waals surface area (Å²) in [5, 5.41) is 9.71. The summed E-state index contributed by atoms with van der Waals surface area (Å²) in [6, 6.07) is 8.86. The van der Waals surface area contributed by atoms with Crippen LogP contribution < -0.4 is 10.6 Å². The van der Waals surface area contributed by atoms with E-state index in [-0.39, 0.29) is 6.03 Å². The van der Waals surface area contributed by atoms with Gasteiger partial charge in [-0.3, -0.25) is 15.0 Å². The molecular formula is C16H17N7O. The predicted octanol–water partition coefficient (Wildman–Crippen LogP) is 1.75. The van der Waals surface area contributed by atoms with Crippen molar-refractivity contribution in [3.05, 3.63) is 66.1 Å². The van der Waals surface area contributed by atoms with Gasteiger partial charge in [0.2, 0.25) is 0 Å². The summed E-state index contributed by atoms with van der Waals surface area (Å²) in [4.78, 5) is 24.4. The topological polar surface area (TPSA) is 97.6 Å². The molecule has 3 aromatic rings. The number of carbonyl (C=O) groups is 1. The second kappa shape index (κ2) is 7.32. The standard InChI is InChI=1S/C16H17N7O/c1-12-17-8-5-13(20-12)10-19-16(24)21-15-6-9-23(22-15)11-14-4-2-3-7-18-14/h2-9H,10-11H2,1H3,(H2,19,21,22,24). The summed E-state index contributed by atoms with van der Waals surface area (Å²) in [6.07, 6.45) is 5.19. The Morgan fingerprint density at radius 3 is 2.83 bits per heavy atom. The third kappa shape index (κ3) is 4.35. The molecule has 3 aromatic heterocycles. The van der Waals surface area contributed by atoms with Crippen molar-refractivity contribution >= 4 is 11.8 Å². The number of aromatic nitrogens is 5. The highest BCUT2D eigenvalue weighted by Crippen LogP contribution is 2.05. The number of amides is 2. The minimum absolute atomic E-state index is 0.323. The van der Waals surface area contributed by atoms with Crippen molar-refractivity contribution in [1.29, 1.82) is 0 Å². The molecular weight excluding hydrogens is 306 g/mol. The molecule has 3 rings (SSSR count). The van der Waals surface area contributed by atoms with Gasteiger partial charge in [-0.05, 0) is 25.1 Å². The number of nitrogens with zero attached hydrogens (tertiary/aromatic N) is 5. The molecule has 8 heteroatoms. The van der Waals surface area contributed by atoms with Crippen molar-refractivity contribution in [1.82, 2.24) is 30.0 Å². The van der Waals surface area contributed by atoms with Crippen molar-refractivity contribution in [3.8, 4) is 0 Å². The number of nitrogens with one attached hydrogen (secondary N) is 2. The van der Waals surface area contributed by atoms with Crippen LogP contribution in [-0.2, 0) is 13.1 Å². The lowest BCUT2D eigenvalue weighted by Crippen LogP contribution is -2.28. The molecule has 2 amide bonds. The van der Waals surface area contributed by atoms with E-state index < -0.39 is 0 Å². The first-order valence-corrected chi connectivity index (χ1v) is 7.46. The molecule has 0 aliphatic heterocycles. The van der Waals surface area contributed by atoms with Crippen LogP contribution in [0.1, 0.15) is 17.2 Å². The van der Waals surface area contributed by atoms with Crippen molar-refractivity contribution in [2.75, 3.05) is 5.32 Å². The van der Waals surface area contributed by atoms with E-state index in [1.165, 1.54) is 0 Å². The molecule has 0 unspecified atom stereocenters. The van der Waals surface area contributed by atoms with Gasteiger partial charge in [0.05, 0.1) is 24.5 Å². The molecule has 0 fully saturated rings. The van der Waals surface area contributed by atoms with Gasteiger partial charge in [-0.1, -0.05) is 6.07 Å². The number of pyridine rings is 1. The van der Waals surface area contributed by atoms with Gasteiger partial charge in [-0.15, -0.1) is 0 Å². The first kappa shape index (κ1) is 15.6. The quantitative estimate of drug-likeness (QED) is 0.745. The van der Waals surface area contributed by atoms with Crippen molar-refractivity contribution in [3.63, 3.8) is 0 Å². The van der Waals surface area contributed by atoms with E-state index >= 15 is 0 Å². The highest BCUT2D eigenvalue weighted by Gasteiger charge is 2.06.